The van der Waals surface area contributed by atoms with E-state index in [4.69, 9.17) is 14.7 Å². The first-order valence-electron chi connectivity index (χ1n) is 4.25. The summed E-state index contributed by atoms with van der Waals surface area (Å²) < 4.78 is 10.0. The van der Waals surface area contributed by atoms with Crippen molar-refractivity contribution in [3.05, 3.63) is 0 Å². The summed E-state index contributed by atoms with van der Waals surface area (Å²) in [4.78, 5) is 0. The van der Waals surface area contributed by atoms with Gasteiger partial charge in [-0.05, 0) is 6.42 Å². The van der Waals surface area contributed by atoms with Crippen molar-refractivity contribution < 1.29 is 9.47 Å². The lowest BCUT2D eigenvalue weighted by molar-refractivity contribution is -0.126. The second kappa shape index (κ2) is 7.08. The molecule has 0 radical (unpaired) electrons. The van der Waals surface area contributed by atoms with Gasteiger partial charge in [-0.1, -0.05) is 19.8 Å². The van der Waals surface area contributed by atoms with E-state index in [1.165, 1.54) is 0 Å². The number of ether oxygens (including phenoxy) is 2. The molecule has 3 nitrogen and oxygen atoms in total. The van der Waals surface area contributed by atoms with Crippen molar-refractivity contribution in [2.24, 2.45) is 5.92 Å². The quantitative estimate of drug-likeness (QED) is 0.573. The molecule has 0 heterocycles. The summed E-state index contributed by atoms with van der Waals surface area (Å²) in [5.74, 6) is -0.139. The molecular weight excluding hydrogens is 154 g/mol. The van der Waals surface area contributed by atoms with Gasteiger partial charge >= 0.3 is 0 Å². The van der Waals surface area contributed by atoms with Gasteiger partial charge in [0.15, 0.2) is 6.29 Å². The van der Waals surface area contributed by atoms with Gasteiger partial charge in [0.2, 0.25) is 0 Å². The predicted octanol–water partition coefficient (Wildman–Crippen LogP) is 1.94. The smallest absolute Gasteiger partial charge is 0.172 e. The molecule has 12 heavy (non-hydrogen) atoms. The lowest BCUT2D eigenvalue weighted by atomic mass is 10.0. The maximum atomic E-state index is 8.78. The minimum absolute atomic E-state index is 0.139. The highest BCUT2D eigenvalue weighted by atomic mass is 16.7. The molecule has 0 fully saturated rings. The molecule has 0 aromatic rings. The van der Waals surface area contributed by atoms with Crippen LogP contribution in [0.3, 0.4) is 0 Å². The molecule has 0 spiro atoms. The molecule has 1 unspecified atom stereocenters. The number of rotatable bonds is 6. The summed E-state index contributed by atoms with van der Waals surface area (Å²) in [7, 11) is 3.12. The van der Waals surface area contributed by atoms with Gasteiger partial charge in [0, 0.05) is 14.2 Å². The third-order valence-corrected chi connectivity index (χ3v) is 1.83. The molecule has 0 N–H and O–H groups in total. The largest absolute Gasteiger partial charge is 0.355 e. The van der Waals surface area contributed by atoms with Crippen molar-refractivity contribution in [2.75, 3.05) is 14.2 Å². The Bertz CT molecular complexity index is 138. The van der Waals surface area contributed by atoms with Crippen molar-refractivity contribution >= 4 is 0 Å². The Morgan fingerprint density at radius 2 is 1.92 bits per heavy atom. The molecule has 0 aliphatic carbocycles. The van der Waals surface area contributed by atoms with Crippen LogP contribution in [0.1, 0.15) is 26.2 Å². The van der Waals surface area contributed by atoms with Crippen LogP contribution in [0.4, 0.5) is 0 Å². The second-order valence-electron chi connectivity index (χ2n) is 2.72. The van der Waals surface area contributed by atoms with Gasteiger partial charge in [0.05, 0.1) is 12.0 Å². The van der Waals surface area contributed by atoms with Crippen LogP contribution in [0.25, 0.3) is 0 Å². The Morgan fingerprint density at radius 1 is 1.33 bits per heavy atom. The number of nitrogens with zero attached hydrogens (tertiary/aromatic N) is 1. The van der Waals surface area contributed by atoms with E-state index in [0.717, 1.165) is 19.3 Å². The van der Waals surface area contributed by atoms with E-state index in [-0.39, 0.29) is 12.2 Å². The van der Waals surface area contributed by atoms with Crippen molar-refractivity contribution in [3.63, 3.8) is 0 Å². The molecule has 1 atom stereocenters. The first-order valence-corrected chi connectivity index (χ1v) is 4.25. The normalized spacial score (nSPS) is 12.9. The molecule has 0 aromatic carbocycles. The summed E-state index contributed by atoms with van der Waals surface area (Å²) in [6.07, 6.45) is 2.61. The molecule has 70 valence electrons. The van der Waals surface area contributed by atoms with Crippen LogP contribution in [0.5, 0.6) is 0 Å². The second-order valence-corrected chi connectivity index (χ2v) is 2.72. The van der Waals surface area contributed by atoms with E-state index in [0.29, 0.717) is 0 Å². The van der Waals surface area contributed by atoms with Gasteiger partial charge in [-0.3, -0.25) is 0 Å². The van der Waals surface area contributed by atoms with Crippen molar-refractivity contribution in [1.82, 2.24) is 0 Å². The monoisotopic (exact) mass is 171 g/mol. The zero-order valence-corrected chi connectivity index (χ0v) is 8.04. The highest BCUT2D eigenvalue weighted by molar-refractivity contribution is 4.84. The summed E-state index contributed by atoms with van der Waals surface area (Å²) in [6.45, 7) is 2.10. The van der Waals surface area contributed by atoms with Crippen LogP contribution in [-0.2, 0) is 9.47 Å². The average molecular weight is 171 g/mol. The molecule has 0 saturated heterocycles. The van der Waals surface area contributed by atoms with Gasteiger partial charge in [-0.2, -0.15) is 5.26 Å². The van der Waals surface area contributed by atoms with Gasteiger partial charge in [0.1, 0.15) is 0 Å². The zero-order valence-electron chi connectivity index (χ0n) is 8.04. The van der Waals surface area contributed by atoms with Crippen molar-refractivity contribution in [1.29, 1.82) is 5.26 Å². The molecular formula is C9H17NO2. The lowest BCUT2D eigenvalue weighted by Crippen LogP contribution is -2.23. The third kappa shape index (κ3) is 3.70. The van der Waals surface area contributed by atoms with Crippen LogP contribution >= 0.6 is 0 Å². The van der Waals surface area contributed by atoms with Crippen LogP contribution < -0.4 is 0 Å². The van der Waals surface area contributed by atoms with Gasteiger partial charge in [-0.15, -0.1) is 0 Å². The van der Waals surface area contributed by atoms with E-state index < -0.39 is 0 Å². The van der Waals surface area contributed by atoms with Crippen LogP contribution in [0.15, 0.2) is 0 Å². The molecule has 0 rings (SSSR count). The molecule has 3 heteroatoms. The number of hydrogen-bond donors (Lipinski definition) is 0. The van der Waals surface area contributed by atoms with E-state index >= 15 is 0 Å². The first kappa shape index (κ1) is 11.4. The predicted molar refractivity (Wildman–Crippen MR) is 46.4 cm³/mol. The lowest BCUT2D eigenvalue weighted by Gasteiger charge is -2.18. The molecule has 0 aliphatic heterocycles. The molecule has 0 bridgehead atoms. The van der Waals surface area contributed by atoms with Gasteiger partial charge in [-0.25, -0.2) is 0 Å². The summed E-state index contributed by atoms with van der Waals surface area (Å²) in [5.41, 5.74) is 0. The average Bonchev–Trinajstić information content (AvgIpc) is 2.12. The minimum atomic E-state index is -0.374. The maximum absolute atomic E-state index is 8.78. The summed E-state index contributed by atoms with van der Waals surface area (Å²) in [5, 5.41) is 8.78. The number of unbranched alkanes of at least 4 members (excludes halogenated alkanes) is 1. The molecule has 0 aliphatic rings. The molecule has 0 saturated carbocycles. The van der Waals surface area contributed by atoms with Crippen LogP contribution in [-0.4, -0.2) is 20.5 Å². The van der Waals surface area contributed by atoms with Gasteiger partial charge < -0.3 is 9.47 Å². The SMILES string of the molecule is CCCCC(C#N)C(OC)OC. The highest BCUT2D eigenvalue weighted by Crippen LogP contribution is 2.14. The first-order chi connectivity index (χ1) is 5.79. The summed E-state index contributed by atoms with van der Waals surface area (Å²) >= 11 is 0. The Kier molecular flexibility index (Phi) is 6.73. The van der Waals surface area contributed by atoms with E-state index in [9.17, 15) is 0 Å². The third-order valence-electron chi connectivity index (χ3n) is 1.83. The fraction of sp³-hybridized carbons (Fsp3) is 0.889. The topological polar surface area (TPSA) is 42.2 Å². The number of hydrogen-bond acceptors (Lipinski definition) is 3. The highest BCUT2D eigenvalue weighted by Gasteiger charge is 2.19. The van der Waals surface area contributed by atoms with Gasteiger partial charge in [0.25, 0.3) is 0 Å². The molecule has 0 aromatic heterocycles. The van der Waals surface area contributed by atoms with E-state index in [1.54, 1.807) is 14.2 Å². The van der Waals surface area contributed by atoms with Crippen LogP contribution in [0.2, 0.25) is 0 Å². The minimum Gasteiger partial charge on any atom is -0.355 e. The Labute approximate surface area is 74.3 Å². The fourth-order valence-electron chi connectivity index (χ4n) is 1.11. The van der Waals surface area contributed by atoms with E-state index in [1.807, 2.05) is 0 Å². The fourth-order valence-corrected chi connectivity index (χ4v) is 1.11. The Morgan fingerprint density at radius 3 is 2.25 bits per heavy atom. The Hall–Kier alpha value is -0.590. The number of nitriles is 1. The van der Waals surface area contributed by atoms with Crippen molar-refractivity contribution in [2.45, 2.75) is 32.5 Å². The Balaban J connectivity index is 3.86. The standard InChI is InChI=1S/C9H17NO2/c1-4-5-6-8(7-10)9(11-2)12-3/h8-9H,4-6H2,1-3H3. The summed E-state index contributed by atoms with van der Waals surface area (Å²) in [6, 6.07) is 2.19. The zero-order chi connectivity index (χ0) is 9.40. The number of methoxy groups -OCH3 is 2. The van der Waals surface area contributed by atoms with Crippen LogP contribution in [0, 0.1) is 17.2 Å². The maximum Gasteiger partial charge on any atom is 0.172 e. The van der Waals surface area contributed by atoms with Crippen molar-refractivity contribution in [3.8, 4) is 6.07 Å². The van der Waals surface area contributed by atoms with E-state index in [2.05, 4.69) is 13.0 Å². The molecule has 0 amide bonds.